The predicted octanol–water partition coefficient (Wildman–Crippen LogP) is 3.95. The molecule has 0 spiro atoms. The summed E-state index contributed by atoms with van der Waals surface area (Å²) in [6.45, 7) is -0.667. The summed E-state index contributed by atoms with van der Waals surface area (Å²) in [5, 5.41) is 16.1. The first-order valence-corrected chi connectivity index (χ1v) is 14.6. The number of rotatable bonds is 11. The van der Waals surface area contributed by atoms with Crippen LogP contribution in [-0.4, -0.2) is 78.7 Å². The van der Waals surface area contributed by atoms with E-state index in [0.29, 0.717) is 45.9 Å². The molecule has 0 bridgehead atoms. The summed E-state index contributed by atoms with van der Waals surface area (Å²) in [6.07, 6.45) is 5.99. The van der Waals surface area contributed by atoms with Crippen molar-refractivity contribution in [2.24, 2.45) is 11.8 Å². The maximum Gasteiger partial charge on any atom is 0.273 e. The molecule has 0 atom stereocenters. The van der Waals surface area contributed by atoms with Gasteiger partial charge in [-0.3, -0.25) is 14.4 Å². The molecule has 2 aliphatic rings. The summed E-state index contributed by atoms with van der Waals surface area (Å²) in [6, 6.07) is 6.66. The molecule has 1 saturated heterocycles. The Morgan fingerprint density at radius 2 is 1.93 bits per heavy atom. The molecule has 12 nitrogen and oxygen atoms in total. The number of nitrogens with one attached hydrogen (secondary N) is 3. The van der Waals surface area contributed by atoms with E-state index in [2.05, 4.69) is 25.8 Å². The highest BCUT2D eigenvalue weighted by atomic mass is 32.1. The van der Waals surface area contributed by atoms with Crippen molar-refractivity contribution < 1.29 is 28.0 Å². The lowest BCUT2D eigenvalue weighted by atomic mass is 9.94. The standard InChI is InChI=1S/C29H35N7O5S/c1-30-27(38)24-21(15-23(34-35-24)33-26(37)18-7-8-18)32-20-6-4-5-19(25(20)41-3)28-31-16-22(42-28)29(39)36-12-9-17(10-13-36)11-14-40-2/h4-6,15-18H,7-14H2,1-3H3,(H,30,38)(H2,32,33,34,37)/i1D3. The van der Waals surface area contributed by atoms with Crippen molar-refractivity contribution in [2.75, 3.05) is 51.5 Å². The van der Waals surface area contributed by atoms with Crippen molar-refractivity contribution in [3.8, 4) is 16.3 Å². The first-order chi connectivity index (χ1) is 21.6. The van der Waals surface area contributed by atoms with E-state index < -0.39 is 12.9 Å². The van der Waals surface area contributed by atoms with Crippen molar-refractivity contribution in [1.82, 2.24) is 25.4 Å². The van der Waals surface area contributed by atoms with Crippen molar-refractivity contribution >= 4 is 46.3 Å². The van der Waals surface area contributed by atoms with Crippen molar-refractivity contribution in [3.63, 3.8) is 0 Å². The smallest absolute Gasteiger partial charge is 0.273 e. The average molecular weight is 597 g/mol. The van der Waals surface area contributed by atoms with Crippen LogP contribution >= 0.6 is 11.3 Å². The Morgan fingerprint density at radius 3 is 2.64 bits per heavy atom. The molecule has 2 aromatic heterocycles. The second kappa shape index (κ2) is 13.3. The number of anilines is 3. The number of methoxy groups -OCH3 is 2. The summed E-state index contributed by atoms with van der Waals surface area (Å²) >= 11 is 1.25. The zero-order valence-electron chi connectivity index (χ0n) is 26.4. The number of hydrogen-bond acceptors (Lipinski definition) is 10. The van der Waals surface area contributed by atoms with Crippen LogP contribution in [0, 0.1) is 11.8 Å². The normalized spacial score (nSPS) is 16.6. The SMILES string of the molecule is [2H]C([2H])([2H])NC(=O)c1nnc(NC(=O)C2CC2)cc1Nc1cccc(-c2ncc(C(=O)N3CCC(CCOC)CC3)s2)c1OC. The van der Waals surface area contributed by atoms with Gasteiger partial charge < -0.3 is 30.3 Å². The number of carbonyl (C=O) groups is 3. The van der Waals surface area contributed by atoms with Gasteiger partial charge in [-0.05, 0) is 50.2 Å². The third-order valence-electron chi connectivity index (χ3n) is 7.39. The molecule has 3 heterocycles. The van der Waals surface area contributed by atoms with Crippen LogP contribution in [-0.2, 0) is 9.53 Å². The third kappa shape index (κ3) is 6.68. The van der Waals surface area contributed by atoms with E-state index in [1.807, 2.05) is 10.2 Å². The fourth-order valence-electron chi connectivity index (χ4n) is 4.88. The van der Waals surface area contributed by atoms with E-state index in [9.17, 15) is 14.4 Å². The Morgan fingerprint density at radius 1 is 1.12 bits per heavy atom. The number of para-hydroxylation sites is 1. The van der Waals surface area contributed by atoms with Gasteiger partial charge in [-0.2, -0.15) is 0 Å². The number of likely N-dealkylation sites (tertiary alicyclic amines) is 1. The largest absolute Gasteiger partial charge is 0.494 e. The minimum Gasteiger partial charge on any atom is -0.494 e. The number of carbonyl (C=O) groups excluding carboxylic acids is 3. The van der Waals surface area contributed by atoms with Gasteiger partial charge in [0.1, 0.15) is 9.88 Å². The van der Waals surface area contributed by atoms with Gasteiger partial charge >= 0.3 is 0 Å². The summed E-state index contributed by atoms with van der Waals surface area (Å²) < 4.78 is 33.2. The maximum absolute atomic E-state index is 13.3. The number of ether oxygens (including phenoxy) is 2. The molecular weight excluding hydrogens is 558 g/mol. The summed E-state index contributed by atoms with van der Waals surface area (Å²) in [7, 11) is 3.18. The molecule has 1 aromatic carbocycles. The molecular formula is C29H35N7O5S. The van der Waals surface area contributed by atoms with Gasteiger partial charge in [0, 0.05) is 49.9 Å². The minimum absolute atomic E-state index is 0.0641. The Bertz CT molecular complexity index is 1560. The number of nitrogens with zero attached hydrogens (tertiary/aromatic N) is 4. The van der Waals surface area contributed by atoms with Crippen LogP contribution in [0.5, 0.6) is 5.75 Å². The highest BCUT2D eigenvalue weighted by Gasteiger charge is 2.30. The molecule has 42 heavy (non-hydrogen) atoms. The molecule has 1 aliphatic heterocycles. The Kier molecular flexibility index (Phi) is 8.08. The highest BCUT2D eigenvalue weighted by Crippen LogP contribution is 2.40. The van der Waals surface area contributed by atoms with Gasteiger partial charge in [0.2, 0.25) is 5.91 Å². The zero-order valence-corrected chi connectivity index (χ0v) is 24.3. The fourth-order valence-corrected chi connectivity index (χ4v) is 5.79. The van der Waals surface area contributed by atoms with E-state index in [-0.39, 0.29) is 34.9 Å². The van der Waals surface area contributed by atoms with Crippen molar-refractivity contribution in [2.45, 2.75) is 32.1 Å². The second-order valence-electron chi connectivity index (χ2n) is 10.3. The molecule has 1 aliphatic carbocycles. The lowest BCUT2D eigenvalue weighted by Gasteiger charge is -2.31. The predicted molar refractivity (Wildman–Crippen MR) is 159 cm³/mol. The molecule has 3 amide bonds. The monoisotopic (exact) mass is 596 g/mol. The van der Waals surface area contributed by atoms with Gasteiger partial charge in [0.25, 0.3) is 11.8 Å². The van der Waals surface area contributed by atoms with Gasteiger partial charge in [0.05, 0.1) is 30.2 Å². The Hall–Kier alpha value is -4.10. The molecule has 222 valence electrons. The number of benzene rings is 1. The van der Waals surface area contributed by atoms with Gasteiger partial charge in [-0.25, -0.2) is 4.98 Å². The number of piperidine rings is 1. The van der Waals surface area contributed by atoms with Crippen LogP contribution < -0.4 is 20.7 Å². The molecule has 3 aromatic rings. The molecule has 1 saturated carbocycles. The van der Waals surface area contributed by atoms with Crippen LogP contribution in [0.25, 0.3) is 10.6 Å². The van der Waals surface area contributed by atoms with Crippen LogP contribution in [0.15, 0.2) is 30.5 Å². The lowest BCUT2D eigenvalue weighted by Crippen LogP contribution is -2.38. The number of amides is 3. The number of hydrogen-bond donors (Lipinski definition) is 3. The summed E-state index contributed by atoms with van der Waals surface area (Å²) in [4.78, 5) is 45.4. The quantitative estimate of drug-likeness (QED) is 0.299. The van der Waals surface area contributed by atoms with Crippen molar-refractivity contribution in [1.29, 1.82) is 0 Å². The van der Waals surface area contributed by atoms with Crippen LogP contribution in [0.3, 0.4) is 0 Å². The van der Waals surface area contributed by atoms with E-state index in [4.69, 9.17) is 13.6 Å². The Labute approximate surface area is 252 Å². The summed E-state index contributed by atoms with van der Waals surface area (Å²) in [5.41, 5.74) is 0.808. The molecule has 5 rings (SSSR count). The zero-order chi connectivity index (χ0) is 32.1. The minimum atomic E-state index is -2.76. The lowest BCUT2D eigenvalue weighted by molar-refractivity contribution is -0.117. The maximum atomic E-state index is 13.3. The number of aromatic nitrogens is 3. The average Bonchev–Trinajstić information content (AvgIpc) is 3.75. The van der Waals surface area contributed by atoms with Gasteiger partial charge in [0.15, 0.2) is 17.3 Å². The van der Waals surface area contributed by atoms with E-state index >= 15 is 0 Å². The fraction of sp³-hybridized carbons (Fsp3) is 0.448. The first-order valence-electron chi connectivity index (χ1n) is 15.3. The van der Waals surface area contributed by atoms with E-state index in [1.54, 1.807) is 31.5 Å². The number of thiazole rings is 1. The first kappa shape index (κ1) is 25.6. The van der Waals surface area contributed by atoms with Crippen LogP contribution in [0.2, 0.25) is 0 Å². The molecule has 0 radical (unpaired) electrons. The van der Waals surface area contributed by atoms with Gasteiger partial charge in [-0.15, -0.1) is 21.5 Å². The van der Waals surface area contributed by atoms with E-state index in [1.165, 1.54) is 24.5 Å². The molecule has 0 unspecified atom stereocenters. The van der Waals surface area contributed by atoms with Crippen LogP contribution in [0.1, 0.15) is 56.4 Å². The van der Waals surface area contributed by atoms with E-state index in [0.717, 1.165) is 38.7 Å². The van der Waals surface area contributed by atoms with Crippen molar-refractivity contribution in [3.05, 3.63) is 41.0 Å². The summed E-state index contributed by atoms with van der Waals surface area (Å²) in [5.74, 6) is -0.336. The third-order valence-corrected chi connectivity index (χ3v) is 8.41. The molecule has 13 heteroatoms. The topological polar surface area (TPSA) is 148 Å². The van der Waals surface area contributed by atoms with Crippen LogP contribution in [0.4, 0.5) is 17.2 Å². The molecule has 2 fully saturated rings. The van der Waals surface area contributed by atoms with Gasteiger partial charge in [-0.1, -0.05) is 6.07 Å². The second-order valence-corrected chi connectivity index (χ2v) is 11.3. The highest BCUT2D eigenvalue weighted by molar-refractivity contribution is 7.17. The Balaban J connectivity index is 1.38. The molecule has 3 N–H and O–H groups in total.